The molecule has 0 aliphatic rings. The minimum atomic E-state index is -1.96. The summed E-state index contributed by atoms with van der Waals surface area (Å²) in [4.78, 5) is 131. The summed E-state index contributed by atoms with van der Waals surface area (Å²) in [5.41, 5.74) is 27.4. The zero-order valence-electron chi connectivity index (χ0n) is 37.0. The standard InChI is InChI=1S/C37H64N16O14/c1-17(2)9-21(30(61)52-25(14-55)32(63)47-20(6-4-8-45-37(41)42)29(60)50-23(35(66)67)10-18-12-43-16-46-18)48-31(62)22(11-27(57)58)49-33(64)26(15-56)53-34(65)24(13-54)51-28(59)19(38)5-3-7-44-36(39)40/h12,16-17,19-26,54-56H,3-11,13-15,38H2,1-2H3,(H,43,46)(H,47,63)(H,48,62)(H,49,64)(H,50,60)(H,51,59)(H,52,61)(H,53,65)(H,57,58)(H,66,67)(H4,39,40,44)(H4,41,42,45)/t19-,20-,21-,22-,23-,24-,25-,26-/m0/s1. The highest BCUT2D eigenvalue weighted by Crippen LogP contribution is 2.09. The number of nitrogens with zero attached hydrogens (tertiary/aromatic N) is 3. The number of carboxylic acids is 2. The van der Waals surface area contributed by atoms with Crippen LogP contribution in [-0.4, -0.2) is 182 Å². The van der Waals surface area contributed by atoms with E-state index in [2.05, 4.69) is 57.2 Å². The predicted octanol–water partition coefficient (Wildman–Crippen LogP) is -8.64. The monoisotopic (exact) mass is 956 g/mol. The van der Waals surface area contributed by atoms with Crippen molar-refractivity contribution < 1.29 is 68.7 Å². The summed E-state index contributed by atoms with van der Waals surface area (Å²) >= 11 is 0. The average molecular weight is 957 g/mol. The Morgan fingerprint density at radius 3 is 1.43 bits per heavy atom. The van der Waals surface area contributed by atoms with Gasteiger partial charge in [-0.05, 0) is 38.0 Å². The second-order valence-corrected chi connectivity index (χ2v) is 15.3. The van der Waals surface area contributed by atoms with Crippen molar-refractivity contribution in [3.05, 3.63) is 18.2 Å². The summed E-state index contributed by atoms with van der Waals surface area (Å²) in [7, 11) is 0. The van der Waals surface area contributed by atoms with Crippen LogP contribution in [0.3, 0.4) is 0 Å². The number of aromatic amines is 1. The molecule has 30 heteroatoms. The number of carbonyl (C=O) groups is 9. The van der Waals surface area contributed by atoms with E-state index in [-0.39, 0.29) is 69.5 Å². The van der Waals surface area contributed by atoms with Gasteiger partial charge in [-0.25, -0.2) is 9.78 Å². The Balaban J connectivity index is 3.18. The van der Waals surface area contributed by atoms with E-state index in [1.165, 1.54) is 12.5 Å². The molecule has 0 bridgehead atoms. The number of aliphatic hydroxyl groups is 3. The van der Waals surface area contributed by atoms with Gasteiger partial charge < -0.3 is 96.4 Å². The first kappa shape index (κ1) is 57.8. The maximum Gasteiger partial charge on any atom is 0.326 e. The van der Waals surface area contributed by atoms with Crippen molar-refractivity contribution in [3.63, 3.8) is 0 Å². The molecule has 67 heavy (non-hydrogen) atoms. The topological polar surface area (TPSA) is 522 Å². The maximum atomic E-state index is 13.6. The van der Waals surface area contributed by atoms with Crippen molar-refractivity contribution in [2.45, 2.75) is 107 Å². The molecular formula is C37H64N16O14. The number of hydrogen-bond acceptors (Lipinski definition) is 16. The fourth-order valence-corrected chi connectivity index (χ4v) is 5.82. The second-order valence-electron chi connectivity index (χ2n) is 15.3. The first-order valence-electron chi connectivity index (χ1n) is 20.8. The molecule has 0 fully saturated rings. The van der Waals surface area contributed by atoms with E-state index in [0.29, 0.717) is 5.69 Å². The molecular weight excluding hydrogens is 893 g/mol. The summed E-state index contributed by atoms with van der Waals surface area (Å²) in [6, 6.07) is -13.0. The molecule has 1 aromatic rings. The first-order valence-corrected chi connectivity index (χ1v) is 20.8. The highest BCUT2D eigenvalue weighted by molar-refractivity contribution is 5.98. The highest BCUT2D eigenvalue weighted by atomic mass is 16.4. The molecule has 0 saturated carbocycles. The van der Waals surface area contributed by atoms with Gasteiger partial charge >= 0.3 is 11.9 Å². The lowest BCUT2D eigenvalue weighted by molar-refractivity contribution is -0.142. The zero-order valence-corrected chi connectivity index (χ0v) is 37.0. The molecule has 0 unspecified atom stereocenters. The second kappa shape index (κ2) is 30.1. The normalized spacial score (nSPS) is 14.5. The van der Waals surface area contributed by atoms with Gasteiger partial charge in [-0.2, -0.15) is 0 Å². The lowest BCUT2D eigenvalue weighted by atomic mass is 10.0. The van der Waals surface area contributed by atoms with Crippen molar-refractivity contribution >= 4 is 65.2 Å². The highest BCUT2D eigenvalue weighted by Gasteiger charge is 2.35. The van der Waals surface area contributed by atoms with E-state index < -0.39 is 128 Å². The summed E-state index contributed by atoms with van der Waals surface area (Å²) in [6.45, 7) is 0.263. The van der Waals surface area contributed by atoms with Gasteiger partial charge in [-0.1, -0.05) is 13.8 Å². The van der Waals surface area contributed by atoms with Crippen LogP contribution >= 0.6 is 0 Å². The number of aliphatic hydroxyl groups excluding tert-OH is 3. The molecule has 1 aromatic heterocycles. The van der Waals surface area contributed by atoms with Crippen LogP contribution in [0, 0.1) is 5.92 Å². The van der Waals surface area contributed by atoms with Gasteiger partial charge in [0.05, 0.1) is 38.6 Å². The van der Waals surface area contributed by atoms with E-state index in [1.54, 1.807) is 13.8 Å². The molecule has 0 aromatic carbocycles. The molecule has 1 rings (SSSR count). The number of carboxylic acid groups (broad SMARTS) is 2. The molecule has 30 nitrogen and oxygen atoms in total. The number of aliphatic carboxylic acids is 2. The average Bonchev–Trinajstić information content (AvgIpc) is 3.77. The third-order valence-electron chi connectivity index (χ3n) is 9.27. The Morgan fingerprint density at radius 1 is 0.597 bits per heavy atom. The fourth-order valence-electron chi connectivity index (χ4n) is 5.82. The van der Waals surface area contributed by atoms with Crippen LogP contribution in [0.15, 0.2) is 22.5 Å². The number of guanidine groups is 2. The van der Waals surface area contributed by atoms with Gasteiger partial charge in [-0.3, -0.25) is 48.3 Å². The van der Waals surface area contributed by atoms with Gasteiger partial charge in [0, 0.05) is 31.4 Å². The number of rotatable bonds is 32. The Kier molecular flexibility index (Phi) is 26.0. The van der Waals surface area contributed by atoms with Crippen molar-refractivity contribution in [2.24, 2.45) is 44.6 Å². The van der Waals surface area contributed by atoms with Crippen LogP contribution in [0.1, 0.15) is 58.1 Å². The number of H-pyrrole nitrogens is 1. The van der Waals surface area contributed by atoms with E-state index in [4.69, 9.17) is 28.7 Å². The minimum absolute atomic E-state index is 0.00162. The Labute approximate surface area is 383 Å². The molecule has 0 radical (unpaired) electrons. The van der Waals surface area contributed by atoms with Gasteiger partial charge in [0.2, 0.25) is 41.4 Å². The molecule has 23 N–H and O–H groups in total. The van der Waals surface area contributed by atoms with Crippen molar-refractivity contribution in [3.8, 4) is 0 Å². The van der Waals surface area contributed by atoms with Crippen LogP contribution in [0.2, 0.25) is 0 Å². The van der Waals surface area contributed by atoms with E-state index in [1.807, 2.05) is 0 Å². The summed E-state index contributed by atoms with van der Waals surface area (Å²) in [5.74, 6) is -11.6. The SMILES string of the molecule is CC(C)C[C@H](NC(=O)[C@H](CC(=O)O)NC(=O)[C@H](CO)NC(=O)[C@H](CO)NC(=O)[C@@H](N)CCCN=C(N)N)C(=O)N[C@@H](CO)C(=O)N[C@@H](CCCN=C(N)N)C(=O)N[C@@H](Cc1cnc[nH]1)C(=O)O. The van der Waals surface area contributed by atoms with Crippen LogP contribution in [0.4, 0.5) is 0 Å². The number of aromatic nitrogens is 2. The lowest BCUT2D eigenvalue weighted by Gasteiger charge is -2.27. The van der Waals surface area contributed by atoms with Crippen molar-refractivity contribution in [1.29, 1.82) is 0 Å². The molecule has 7 amide bonds. The summed E-state index contributed by atoms with van der Waals surface area (Å²) in [6.07, 6.45) is 1.49. The molecule has 0 spiro atoms. The van der Waals surface area contributed by atoms with E-state index in [9.17, 15) is 68.7 Å². The molecule has 0 aliphatic carbocycles. The predicted molar refractivity (Wildman–Crippen MR) is 234 cm³/mol. The number of aliphatic imine (C=N–C) groups is 2. The van der Waals surface area contributed by atoms with Crippen LogP contribution in [-0.2, 0) is 49.6 Å². The van der Waals surface area contributed by atoms with E-state index >= 15 is 0 Å². The smallest absolute Gasteiger partial charge is 0.326 e. The van der Waals surface area contributed by atoms with Gasteiger partial charge in [-0.15, -0.1) is 0 Å². The number of imidazole rings is 1. The maximum absolute atomic E-state index is 13.6. The van der Waals surface area contributed by atoms with Crippen molar-refractivity contribution in [1.82, 2.24) is 47.2 Å². The number of nitrogens with two attached hydrogens (primary N) is 5. The van der Waals surface area contributed by atoms with E-state index in [0.717, 1.165) is 0 Å². The Hall–Kier alpha value is -7.18. The van der Waals surface area contributed by atoms with Gasteiger partial charge in [0.25, 0.3) is 0 Å². The first-order chi connectivity index (χ1) is 31.5. The van der Waals surface area contributed by atoms with Crippen LogP contribution in [0.5, 0.6) is 0 Å². The quantitative estimate of drug-likeness (QED) is 0.0181. The number of nitrogens with one attached hydrogen (secondary N) is 8. The van der Waals surface area contributed by atoms with Crippen LogP contribution in [0.25, 0.3) is 0 Å². The van der Waals surface area contributed by atoms with Gasteiger partial charge in [0.1, 0.15) is 42.3 Å². The number of amides is 7. The fraction of sp³-hybridized carbons (Fsp3) is 0.622. The molecule has 376 valence electrons. The summed E-state index contributed by atoms with van der Waals surface area (Å²) < 4.78 is 0. The van der Waals surface area contributed by atoms with Gasteiger partial charge in [0.15, 0.2) is 11.9 Å². The Morgan fingerprint density at radius 2 is 1.00 bits per heavy atom. The third-order valence-corrected chi connectivity index (χ3v) is 9.27. The lowest BCUT2D eigenvalue weighted by Crippen LogP contribution is -2.61. The minimum Gasteiger partial charge on any atom is -0.481 e. The zero-order chi connectivity index (χ0) is 50.8. The molecule has 1 heterocycles. The Bertz CT molecular complexity index is 1870. The summed E-state index contributed by atoms with van der Waals surface area (Å²) in [5, 5.41) is 64.8. The largest absolute Gasteiger partial charge is 0.481 e. The third kappa shape index (κ3) is 22.5. The number of hydrogen-bond donors (Lipinski definition) is 18. The molecule has 8 atom stereocenters. The molecule has 0 saturated heterocycles. The van der Waals surface area contributed by atoms with Crippen LogP contribution < -0.4 is 65.9 Å². The van der Waals surface area contributed by atoms with Crippen molar-refractivity contribution in [2.75, 3.05) is 32.9 Å². The number of carbonyl (C=O) groups excluding carboxylic acids is 7. The molecule has 0 aliphatic heterocycles.